The fourth-order valence-electron chi connectivity index (χ4n) is 1.65. The average molecular weight is 285 g/mol. The van der Waals surface area contributed by atoms with Gasteiger partial charge in [0.1, 0.15) is 11.6 Å². The van der Waals surface area contributed by atoms with E-state index in [0.717, 1.165) is 24.2 Å². The summed E-state index contributed by atoms with van der Waals surface area (Å²) in [6.45, 7) is 2.85. The molecule has 20 heavy (non-hydrogen) atoms. The molecule has 0 saturated carbocycles. The van der Waals surface area contributed by atoms with Crippen LogP contribution in [0.4, 0.5) is 19.0 Å². The molecule has 0 unspecified atom stereocenters. The van der Waals surface area contributed by atoms with Gasteiger partial charge in [-0.25, -0.2) is 0 Å². The van der Waals surface area contributed by atoms with Crippen LogP contribution in [0, 0.1) is 0 Å². The van der Waals surface area contributed by atoms with Crippen LogP contribution < -0.4 is 10.1 Å². The van der Waals surface area contributed by atoms with Crippen molar-refractivity contribution in [2.75, 3.05) is 11.9 Å². The normalized spacial score (nSPS) is 11.4. The Morgan fingerprint density at radius 3 is 2.55 bits per heavy atom. The van der Waals surface area contributed by atoms with Gasteiger partial charge < -0.3 is 10.1 Å². The molecular formula is C13H14F3N3O. The summed E-state index contributed by atoms with van der Waals surface area (Å²) in [4.78, 5) is 0. The molecule has 0 saturated heterocycles. The molecule has 0 amide bonds. The zero-order chi connectivity index (χ0) is 14.6. The van der Waals surface area contributed by atoms with Gasteiger partial charge in [0.05, 0.1) is 5.69 Å². The van der Waals surface area contributed by atoms with Crippen molar-refractivity contribution in [1.29, 1.82) is 0 Å². The molecule has 0 radical (unpaired) electrons. The van der Waals surface area contributed by atoms with Crippen LogP contribution in [0.5, 0.6) is 5.75 Å². The Morgan fingerprint density at radius 1 is 1.25 bits per heavy atom. The Labute approximate surface area is 114 Å². The summed E-state index contributed by atoms with van der Waals surface area (Å²) in [5.41, 5.74) is 1.46. The van der Waals surface area contributed by atoms with Crippen LogP contribution in [0.25, 0.3) is 11.3 Å². The molecule has 108 valence electrons. The quantitative estimate of drug-likeness (QED) is 0.878. The topological polar surface area (TPSA) is 49.9 Å². The summed E-state index contributed by atoms with van der Waals surface area (Å²) < 4.78 is 39.9. The van der Waals surface area contributed by atoms with Crippen LogP contribution in [-0.2, 0) is 0 Å². The summed E-state index contributed by atoms with van der Waals surface area (Å²) in [6.07, 6.45) is -3.70. The highest BCUT2D eigenvalue weighted by atomic mass is 19.4. The Bertz CT molecular complexity index is 549. The van der Waals surface area contributed by atoms with Crippen LogP contribution in [0.2, 0.25) is 0 Å². The predicted octanol–water partition coefficient (Wildman–Crippen LogP) is 3.80. The van der Waals surface area contributed by atoms with E-state index in [1.165, 1.54) is 24.3 Å². The number of ether oxygens (including phenoxy) is 1. The van der Waals surface area contributed by atoms with Crippen molar-refractivity contribution in [3.63, 3.8) is 0 Å². The molecule has 0 atom stereocenters. The van der Waals surface area contributed by atoms with Gasteiger partial charge in [0.2, 0.25) is 0 Å². The number of halogens is 3. The van der Waals surface area contributed by atoms with Crippen LogP contribution in [0.3, 0.4) is 0 Å². The molecule has 0 fully saturated rings. The molecule has 2 aromatic rings. The van der Waals surface area contributed by atoms with Crippen molar-refractivity contribution in [2.24, 2.45) is 0 Å². The summed E-state index contributed by atoms with van der Waals surface area (Å²) in [5.74, 6) is 0.461. The van der Waals surface area contributed by atoms with Crippen molar-refractivity contribution in [1.82, 2.24) is 10.2 Å². The fourth-order valence-corrected chi connectivity index (χ4v) is 1.65. The third kappa shape index (κ3) is 3.91. The van der Waals surface area contributed by atoms with Gasteiger partial charge in [-0.2, -0.15) is 5.10 Å². The number of rotatable bonds is 5. The first-order chi connectivity index (χ1) is 9.48. The molecule has 4 nitrogen and oxygen atoms in total. The van der Waals surface area contributed by atoms with E-state index in [1.54, 1.807) is 6.07 Å². The maximum Gasteiger partial charge on any atom is 0.573 e. The lowest BCUT2D eigenvalue weighted by atomic mass is 10.1. The predicted molar refractivity (Wildman–Crippen MR) is 69.5 cm³/mol. The molecule has 0 aliphatic rings. The molecule has 7 heteroatoms. The van der Waals surface area contributed by atoms with Gasteiger partial charge >= 0.3 is 6.36 Å². The monoisotopic (exact) mass is 285 g/mol. The average Bonchev–Trinajstić information content (AvgIpc) is 2.84. The van der Waals surface area contributed by atoms with E-state index in [2.05, 4.69) is 20.3 Å². The fraction of sp³-hybridized carbons (Fsp3) is 0.308. The van der Waals surface area contributed by atoms with Crippen molar-refractivity contribution in [3.05, 3.63) is 30.3 Å². The highest BCUT2D eigenvalue weighted by Gasteiger charge is 2.30. The zero-order valence-electron chi connectivity index (χ0n) is 10.8. The van der Waals surface area contributed by atoms with E-state index >= 15 is 0 Å². The first-order valence-electron chi connectivity index (χ1n) is 6.13. The highest BCUT2D eigenvalue weighted by Crippen LogP contribution is 2.26. The second-order valence-electron chi connectivity index (χ2n) is 4.17. The molecule has 2 rings (SSSR count). The van der Waals surface area contributed by atoms with Gasteiger partial charge in [-0.1, -0.05) is 6.92 Å². The Hall–Kier alpha value is -2.18. The number of hydrogen-bond donors (Lipinski definition) is 2. The standard InChI is InChI=1S/C13H14F3N3O/c1-2-7-17-12-8-11(18-19-12)9-3-5-10(6-4-9)20-13(14,15)16/h3-6,8H,2,7H2,1H3,(H2,17,18,19). The summed E-state index contributed by atoms with van der Waals surface area (Å²) in [7, 11) is 0. The van der Waals surface area contributed by atoms with Gasteiger partial charge in [-0.05, 0) is 36.2 Å². The van der Waals surface area contributed by atoms with E-state index in [-0.39, 0.29) is 5.75 Å². The number of aromatic amines is 1. The Morgan fingerprint density at radius 2 is 1.95 bits per heavy atom. The first-order valence-corrected chi connectivity index (χ1v) is 6.13. The third-order valence-corrected chi connectivity index (χ3v) is 2.53. The van der Waals surface area contributed by atoms with Crippen molar-refractivity contribution in [3.8, 4) is 17.0 Å². The van der Waals surface area contributed by atoms with Crippen LogP contribution in [0.1, 0.15) is 13.3 Å². The van der Waals surface area contributed by atoms with E-state index in [4.69, 9.17) is 0 Å². The maximum absolute atomic E-state index is 12.0. The van der Waals surface area contributed by atoms with Crippen LogP contribution in [-0.4, -0.2) is 23.1 Å². The summed E-state index contributed by atoms with van der Waals surface area (Å²) >= 11 is 0. The number of aromatic nitrogens is 2. The largest absolute Gasteiger partial charge is 0.573 e. The minimum atomic E-state index is -4.67. The second kappa shape index (κ2) is 5.85. The molecule has 0 spiro atoms. The summed E-state index contributed by atoms with van der Waals surface area (Å²) in [5, 5.41) is 10.00. The van der Waals surface area contributed by atoms with Crippen molar-refractivity contribution in [2.45, 2.75) is 19.7 Å². The molecule has 1 aromatic heterocycles. The molecule has 1 aromatic carbocycles. The molecule has 0 aliphatic heterocycles. The lowest BCUT2D eigenvalue weighted by Crippen LogP contribution is -2.16. The Balaban J connectivity index is 2.07. The van der Waals surface area contributed by atoms with Gasteiger partial charge in [-0.3, -0.25) is 5.10 Å². The van der Waals surface area contributed by atoms with Crippen LogP contribution in [0.15, 0.2) is 30.3 Å². The summed E-state index contributed by atoms with van der Waals surface area (Å²) in [6, 6.07) is 7.41. The minimum absolute atomic E-state index is 0.245. The minimum Gasteiger partial charge on any atom is -0.406 e. The molecule has 1 heterocycles. The van der Waals surface area contributed by atoms with E-state index < -0.39 is 6.36 Å². The number of H-pyrrole nitrogens is 1. The zero-order valence-corrected chi connectivity index (χ0v) is 10.8. The van der Waals surface area contributed by atoms with Gasteiger partial charge in [0.25, 0.3) is 0 Å². The van der Waals surface area contributed by atoms with Crippen molar-refractivity contribution < 1.29 is 17.9 Å². The molecule has 0 bridgehead atoms. The highest BCUT2D eigenvalue weighted by molar-refractivity contribution is 5.63. The lowest BCUT2D eigenvalue weighted by molar-refractivity contribution is -0.274. The second-order valence-corrected chi connectivity index (χ2v) is 4.17. The molecular weight excluding hydrogens is 271 g/mol. The van der Waals surface area contributed by atoms with Gasteiger partial charge in [0.15, 0.2) is 0 Å². The van der Waals surface area contributed by atoms with E-state index in [0.29, 0.717) is 5.82 Å². The van der Waals surface area contributed by atoms with Crippen molar-refractivity contribution >= 4 is 5.82 Å². The third-order valence-electron chi connectivity index (χ3n) is 2.53. The smallest absolute Gasteiger partial charge is 0.406 e. The number of hydrogen-bond acceptors (Lipinski definition) is 3. The number of nitrogens with one attached hydrogen (secondary N) is 2. The van der Waals surface area contributed by atoms with Gasteiger partial charge in [0, 0.05) is 12.6 Å². The van der Waals surface area contributed by atoms with E-state index in [9.17, 15) is 13.2 Å². The number of anilines is 1. The molecule has 0 aliphatic carbocycles. The number of nitrogens with zero attached hydrogens (tertiary/aromatic N) is 1. The Kier molecular flexibility index (Phi) is 4.16. The number of benzene rings is 1. The maximum atomic E-state index is 12.0. The van der Waals surface area contributed by atoms with Gasteiger partial charge in [-0.15, -0.1) is 13.2 Å². The number of alkyl halides is 3. The lowest BCUT2D eigenvalue weighted by Gasteiger charge is -2.08. The SMILES string of the molecule is CCCNc1cc(-c2ccc(OC(F)(F)F)cc2)[nH]n1. The van der Waals surface area contributed by atoms with E-state index in [1.807, 2.05) is 6.92 Å². The first kappa shape index (κ1) is 14.2. The van der Waals surface area contributed by atoms with Crippen LogP contribution >= 0.6 is 0 Å². The molecule has 2 N–H and O–H groups in total.